The molecule has 1 saturated carbocycles. The lowest BCUT2D eigenvalue weighted by atomic mass is 9.87. The van der Waals surface area contributed by atoms with Crippen LogP contribution in [-0.4, -0.2) is 52.3 Å². The van der Waals surface area contributed by atoms with Crippen molar-refractivity contribution in [3.8, 4) is 5.88 Å². The Morgan fingerprint density at radius 2 is 1.87 bits per heavy atom. The molecule has 2 heterocycles. The number of hydrogen-bond acceptors (Lipinski definition) is 6. The number of hydrogen-bond donors (Lipinski definition) is 1. The third kappa shape index (κ3) is 7.00. The fraction of sp³-hybridized carbons (Fsp3) is 0.773. The zero-order valence-corrected chi connectivity index (χ0v) is 20.2. The van der Waals surface area contributed by atoms with Crippen molar-refractivity contribution in [2.75, 3.05) is 25.0 Å². The number of ether oxygens (including phenoxy) is 2. The fourth-order valence-electron chi connectivity index (χ4n) is 3.91. The predicted octanol–water partition coefficient (Wildman–Crippen LogP) is 5.26. The Morgan fingerprint density at radius 3 is 2.50 bits per heavy atom. The quantitative estimate of drug-likeness (QED) is 0.616. The van der Waals surface area contributed by atoms with Gasteiger partial charge in [0.1, 0.15) is 5.60 Å². The third-order valence-electron chi connectivity index (χ3n) is 5.78. The Morgan fingerprint density at radius 1 is 1.20 bits per heavy atom. The van der Waals surface area contributed by atoms with E-state index in [1.807, 2.05) is 20.8 Å². The van der Waals surface area contributed by atoms with Gasteiger partial charge in [-0.3, -0.25) is 0 Å². The molecule has 0 atom stereocenters. The number of aromatic nitrogens is 2. The second kappa shape index (κ2) is 10.2. The molecule has 1 saturated heterocycles. The molecule has 2 fully saturated rings. The zero-order chi connectivity index (χ0) is 21.7. The van der Waals surface area contributed by atoms with Crippen LogP contribution >= 0.6 is 15.9 Å². The number of piperidine rings is 1. The molecule has 1 amide bonds. The Labute approximate surface area is 188 Å². The largest absolute Gasteiger partial charge is 0.476 e. The van der Waals surface area contributed by atoms with E-state index in [1.54, 1.807) is 11.1 Å². The van der Waals surface area contributed by atoms with Gasteiger partial charge in [-0.2, -0.15) is 4.98 Å². The van der Waals surface area contributed by atoms with E-state index in [0.29, 0.717) is 43.5 Å². The number of nitrogens with zero attached hydrogens (tertiary/aromatic N) is 3. The van der Waals surface area contributed by atoms with Crippen molar-refractivity contribution in [2.45, 2.75) is 77.9 Å². The number of rotatable bonds is 5. The fourth-order valence-corrected chi connectivity index (χ4v) is 4.22. The summed E-state index contributed by atoms with van der Waals surface area (Å²) in [6.45, 7) is 9.96. The van der Waals surface area contributed by atoms with E-state index >= 15 is 0 Å². The summed E-state index contributed by atoms with van der Waals surface area (Å²) in [5.74, 6) is 2.41. The predicted molar refractivity (Wildman–Crippen MR) is 121 cm³/mol. The second-order valence-corrected chi connectivity index (χ2v) is 10.5. The van der Waals surface area contributed by atoms with E-state index in [4.69, 9.17) is 9.47 Å². The minimum absolute atomic E-state index is 0.228. The number of amides is 1. The van der Waals surface area contributed by atoms with Crippen LogP contribution < -0.4 is 10.1 Å². The molecule has 1 aromatic rings. The van der Waals surface area contributed by atoms with Crippen LogP contribution in [0.2, 0.25) is 0 Å². The molecule has 1 aromatic heterocycles. The van der Waals surface area contributed by atoms with Gasteiger partial charge in [0.25, 0.3) is 0 Å². The van der Waals surface area contributed by atoms with Crippen LogP contribution in [0.1, 0.15) is 66.2 Å². The maximum absolute atomic E-state index is 12.2. The SMILES string of the molecule is CC1CCC(Nc2ncc(Br)c(OCC3CCN(C(=O)OC(C)(C)C)CC3)n2)CC1. The summed E-state index contributed by atoms with van der Waals surface area (Å²) in [7, 11) is 0. The maximum Gasteiger partial charge on any atom is 0.410 e. The molecule has 1 aliphatic heterocycles. The van der Waals surface area contributed by atoms with E-state index in [0.717, 1.165) is 36.1 Å². The number of likely N-dealkylation sites (tertiary alicyclic amines) is 1. The Bertz CT molecular complexity index is 709. The van der Waals surface area contributed by atoms with Gasteiger partial charge in [0.15, 0.2) is 0 Å². The Hall–Kier alpha value is -1.57. The van der Waals surface area contributed by atoms with Crippen molar-refractivity contribution in [3.63, 3.8) is 0 Å². The minimum Gasteiger partial charge on any atom is -0.476 e. The average molecular weight is 483 g/mol. The number of anilines is 1. The summed E-state index contributed by atoms with van der Waals surface area (Å²) >= 11 is 3.50. The van der Waals surface area contributed by atoms with Crippen molar-refractivity contribution in [1.29, 1.82) is 0 Å². The van der Waals surface area contributed by atoms with Gasteiger partial charge in [0, 0.05) is 19.1 Å². The second-order valence-electron chi connectivity index (χ2n) is 9.67. The molecular formula is C22H35BrN4O3. The van der Waals surface area contributed by atoms with Crippen molar-refractivity contribution < 1.29 is 14.3 Å². The maximum atomic E-state index is 12.2. The minimum atomic E-state index is -0.460. The van der Waals surface area contributed by atoms with E-state index in [-0.39, 0.29) is 6.09 Å². The highest BCUT2D eigenvalue weighted by molar-refractivity contribution is 9.10. The molecule has 0 unspecified atom stereocenters. The van der Waals surface area contributed by atoms with Gasteiger partial charge in [0.05, 0.1) is 17.3 Å². The smallest absolute Gasteiger partial charge is 0.410 e. The van der Waals surface area contributed by atoms with E-state index in [9.17, 15) is 4.79 Å². The number of nitrogens with one attached hydrogen (secondary N) is 1. The third-order valence-corrected chi connectivity index (χ3v) is 6.33. The summed E-state index contributed by atoms with van der Waals surface area (Å²) in [5, 5.41) is 3.46. The van der Waals surface area contributed by atoms with Gasteiger partial charge in [-0.15, -0.1) is 0 Å². The molecule has 0 aromatic carbocycles. The first-order valence-corrected chi connectivity index (χ1v) is 11.9. The van der Waals surface area contributed by atoms with Crippen LogP contribution in [-0.2, 0) is 4.74 Å². The van der Waals surface area contributed by atoms with Crippen molar-refractivity contribution in [2.24, 2.45) is 11.8 Å². The molecule has 1 aliphatic carbocycles. The molecular weight excluding hydrogens is 448 g/mol. The van der Waals surface area contributed by atoms with E-state index in [1.165, 1.54) is 12.8 Å². The van der Waals surface area contributed by atoms with Gasteiger partial charge in [-0.1, -0.05) is 6.92 Å². The summed E-state index contributed by atoms with van der Waals surface area (Å²) < 4.78 is 12.3. The lowest BCUT2D eigenvalue weighted by Crippen LogP contribution is -2.42. The number of carbonyl (C=O) groups excluding carboxylic acids is 1. The standard InChI is InChI=1S/C22H35BrN4O3/c1-15-5-7-17(8-6-15)25-20-24-13-18(23)19(26-20)29-14-16-9-11-27(12-10-16)21(28)30-22(2,3)4/h13,15-17H,5-12,14H2,1-4H3,(H,24,25,26). The summed E-state index contributed by atoms with van der Waals surface area (Å²) in [6.07, 6.45) is 8.13. The van der Waals surface area contributed by atoms with Gasteiger partial charge in [-0.05, 0) is 87.1 Å². The molecule has 7 nitrogen and oxygen atoms in total. The summed E-state index contributed by atoms with van der Waals surface area (Å²) in [5.41, 5.74) is -0.460. The van der Waals surface area contributed by atoms with Gasteiger partial charge in [0.2, 0.25) is 11.8 Å². The Kier molecular flexibility index (Phi) is 7.82. The molecule has 2 aliphatic rings. The first kappa shape index (κ1) is 23.1. The summed E-state index contributed by atoms with van der Waals surface area (Å²) in [6, 6.07) is 0.437. The van der Waals surface area contributed by atoms with Crippen LogP contribution in [0.15, 0.2) is 10.7 Å². The monoisotopic (exact) mass is 482 g/mol. The van der Waals surface area contributed by atoms with Gasteiger partial charge in [-0.25, -0.2) is 9.78 Å². The molecule has 8 heteroatoms. The molecule has 0 spiro atoms. The highest BCUT2D eigenvalue weighted by Crippen LogP contribution is 2.28. The molecule has 30 heavy (non-hydrogen) atoms. The van der Waals surface area contributed by atoms with Crippen molar-refractivity contribution >= 4 is 28.0 Å². The molecule has 3 rings (SSSR count). The van der Waals surface area contributed by atoms with Crippen LogP contribution in [0.3, 0.4) is 0 Å². The molecule has 1 N–H and O–H groups in total. The lowest BCUT2D eigenvalue weighted by molar-refractivity contribution is 0.0164. The molecule has 168 valence electrons. The Balaban J connectivity index is 1.46. The lowest BCUT2D eigenvalue weighted by Gasteiger charge is -2.33. The summed E-state index contributed by atoms with van der Waals surface area (Å²) in [4.78, 5) is 23.0. The van der Waals surface area contributed by atoms with E-state index in [2.05, 4.69) is 38.1 Å². The van der Waals surface area contributed by atoms with Crippen molar-refractivity contribution in [3.05, 3.63) is 10.7 Å². The van der Waals surface area contributed by atoms with E-state index < -0.39 is 5.60 Å². The zero-order valence-electron chi connectivity index (χ0n) is 18.6. The normalized spacial score (nSPS) is 23.2. The van der Waals surface area contributed by atoms with Crippen LogP contribution in [0.4, 0.5) is 10.7 Å². The highest BCUT2D eigenvalue weighted by atomic mass is 79.9. The molecule has 0 radical (unpaired) electrons. The first-order chi connectivity index (χ1) is 14.2. The topological polar surface area (TPSA) is 76.6 Å². The molecule has 0 bridgehead atoms. The first-order valence-electron chi connectivity index (χ1n) is 11.1. The van der Waals surface area contributed by atoms with Crippen LogP contribution in [0, 0.1) is 11.8 Å². The van der Waals surface area contributed by atoms with Gasteiger partial charge < -0.3 is 19.7 Å². The van der Waals surface area contributed by atoms with Crippen molar-refractivity contribution in [1.82, 2.24) is 14.9 Å². The van der Waals surface area contributed by atoms with Crippen LogP contribution in [0.25, 0.3) is 0 Å². The number of halogens is 1. The highest BCUT2D eigenvalue weighted by Gasteiger charge is 2.27. The number of carbonyl (C=O) groups is 1. The average Bonchev–Trinajstić information content (AvgIpc) is 2.69. The van der Waals surface area contributed by atoms with Crippen LogP contribution in [0.5, 0.6) is 5.88 Å². The van der Waals surface area contributed by atoms with Gasteiger partial charge >= 0.3 is 6.09 Å².